The van der Waals surface area contributed by atoms with Gasteiger partial charge in [0.25, 0.3) is 0 Å². The summed E-state index contributed by atoms with van der Waals surface area (Å²) >= 11 is 0. The summed E-state index contributed by atoms with van der Waals surface area (Å²) in [6, 6.07) is 10.7. The fraction of sp³-hybridized carbons (Fsp3) is 0.524. The van der Waals surface area contributed by atoms with E-state index in [9.17, 15) is 5.11 Å². The normalized spacial score (nSPS) is 21.5. The van der Waals surface area contributed by atoms with Crippen molar-refractivity contribution < 1.29 is 5.11 Å². The Labute approximate surface area is 161 Å². The Morgan fingerprint density at radius 1 is 1.07 bits per heavy atom. The van der Waals surface area contributed by atoms with Crippen molar-refractivity contribution in [2.75, 3.05) is 49.1 Å². The SMILES string of the molecule is Cc1cccc(CN2CCN(c3nccc(N4CCCC(O)C4)n3)CC2)c1. The van der Waals surface area contributed by atoms with Gasteiger partial charge in [-0.1, -0.05) is 29.8 Å². The van der Waals surface area contributed by atoms with E-state index in [2.05, 4.69) is 50.9 Å². The first-order valence-corrected chi connectivity index (χ1v) is 9.96. The van der Waals surface area contributed by atoms with Gasteiger partial charge in [0.2, 0.25) is 5.95 Å². The average molecular weight is 367 g/mol. The molecule has 6 heteroatoms. The number of aliphatic hydroxyl groups is 1. The van der Waals surface area contributed by atoms with E-state index in [0.717, 1.165) is 63.9 Å². The molecule has 2 fully saturated rings. The van der Waals surface area contributed by atoms with Gasteiger partial charge in [-0.25, -0.2) is 4.98 Å². The summed E-state index contributed by atoms with van der Waals surface area (Å²) in [6.07, 6.45) is 3.50. The van der Waals surface area contributed by atoms with Crippen LogP contribution in [0, 0.1) is 6.92 Å². The highest BCUT2D eigenvalue weighted by Crippen LogP contribution is 2.21. The van der Waals surface area contributed by atoms with Crippen LogP contribution in [0.2, 0.25) is 0 Å². The van der Waals surface area contributed by atoms with Crippen molar-refractivity contribution in [3.05, 3.63) is 47.7 Å². The predicted octanol–water partition coefficient (Wildman–Crippen LogP) is 2.07. The molecular formula is C21H29N5O. The number of β-amino-alcohol motifs (C(OH)–C–C–N with tert-alkyl or cyclic N) is 1. The number of piperazine rings is 1. The minimum atomic E-state index is -0.248. The molecule has 1 aromatic heterocycles. The van der Waals surface area contributed by atoms with Crippen LogP contribution in [0.15, 0.2) is 36.5 Å². The van der Waals surface area contributed by atoms with Crippen molar-refractivity contribution in [2.45, 2.75) is 32.4 Å². The molecule has 0 bridgehead atoms. The predicted molar refractivity (Wildman–Crippen MR) is 108 cm³/mol. The summed E-state index contributed by atoms with van der Waals surface area (Å²) in [5.41, 5.74) is 2.70. The second-order valence-electron chi connectivity index (χ2n) is 7.71. The zero-order valence-corrected chi connectivity index (χ0v) is 16.1. The number of anilines is 2. The molecule has 1 unspecified atom stereocenters. The van der Waals surface area contributed by atoms with Crippen LogP contribution in [-0.4, -0.2) is 65.3 Å². The lowest BCUT2D eigenvalue weighted by atomic mass is 10.1. The van der Waals surface area contributed by atoms with Crippen molar-refractivity contribution in [3.8, 4) is 0 Å². The van der Waals surface area contributed by atoms with Crippen molar-refractivity contribution in [1.29, 1.82) is 0 Å². The topological polar surface area (TPSA) is 55.7 Å². The van der Waals surface area contributed by atoms with E-state index in [1.165, 1.54) is 11.1 Å². The van der Waals surface area contributed by atoms with Crippen LogP contribution in [0.5, 0.6) is 0 Å². The Kier molecular flexibility index (Phi) is 5.55. The van der Waals surface area contributed by atoms with E-state index in [1.54, 1.807) is 0 Å². The van der Waals surface area contributed by atoms with Crippen molar-refractivity contribution in [3.63, 3.8) is 0 Å². The van der Waals surface area contributed by atoms with Crippen LogP contribution in [0.1, 0.15) is 24.0 Å². The van der Waals surface area contributed by atoms with Crippen molar-refractivity contribution in [2.24, 2.45) is 0 Å². The van der Waals surface area contributed by atoms with E-state index in [1.807, 2.05) is 12.3 Å². The number of nitrogens with zero attached hydrogens (tertiary/aromatic N) is 5. The van der Waals surface area contributed by atoms with Crippen LogP contribution in [-0.2, 0) is 6.54 Å². The van der Waals surface area contributed by atoms with Gasteiger partial charge in [-0.15, -0.1) is 0 Å². The molecule has 2 aliphatic heterocycles. The lowest BCUT2D eigenvalue weighted by Gasteiger charge is -2.35. The number of aliphatic hydroxyl groups excluding tert-OH is 1. The van der Waals surface area contributed by atoms with Crippen LogP contribution < -0.4 is 9.80 Å². The van der Waals surface area contributed by atoms with Gasteiger partial charge < -0.3 is 14.9 Å². The molecule has 6 nitrogen and oxygen atoms in total. The second-order valence-corrected chi connectivity index (χ2v) is 7.71. The summed E-state index contributed by atoms with van der Waals surface area (Å²) in [5, 5.41) is 9.93. The van der Waals surface area contributed by atoms with Crippen LogP contribution in [0.4, 0.5) is 11.8 Å². The molecule has 2 saturated heterocycles. The summed E-state index contributed by atoms with van der Waals surface area (Å²) < 4.78 is 0. The van der Waals surface area contributed by atoms with E-state index in [-0.39, 0.29) is 6.10 Å². The van der Waals surface area contributed by atoms with Crippen LogP contribution >= 0.6 is 0 Å². The molecule has 3 heterocycles. The number of hydrogen-bond donors (Lipinski definition) is 1. The average Bonchev–Trinajstić information content (AvgIpc) is 2.69. The quantitative estimate of drug-likeness (QED) is 0.893. The molecule has 1 aromatic carbocycles. The minimum Gasteiger partial charge on any atom is -0.391 e. The van der Waals surface area contributed by atoms with Gasteiger partial charge in [0, 0.05) is 52.0 Å². The van der Waals surface area contributed by atoms with Gasteiger partial charge in [0.05, 0.1) is 6.10 Å². The number of piperidine rings is 1. The van der Waals surface area contributed by atoms with Gasteiger partial charge in [0.1, 0.15) is 5.82 Å². The maximum atomic E-state index is 9.93. The van der Waals surface area contributed by atoms with Gasteiger partial charge in [0.15, 0.2) is 0 Å². The minimum absolute atomic E-state index is 0.248. The molecule has 144 valence electrons. The Morgan fingerprint density at radius 3 is 2.70 bits per heavy atom. The summed E-state index contributed by atoms with van der Waals surface area (Å²) in [6.45, 7) is 8.69. The molecule has 4 rings (SSSR count). The van der Waals surface area contributed by atoms with Crippen molar-refractivity contribution in [1.82, 2.24) is 14.9 Å². The van der Waals surface area contributed by atoms with E-state index >= 15 is 0 Å². The number of hydrogen-bond acceptors (Lipinski definition) is 6. The highest BCUT2D eigenvalue weighted by molar-refractivity contribution is 5.44. The molecule has 1 N–H and O–H groups in total. The Hall–Kier alpha value is -2.18. The molecule has 2 aliphatic rings. The van der Waals surface area contributed by atoms with Gasteiger partial charge >= 0.3 is 0 Å². The van der Waals surface area contributed by atoms with Gasteiger partial charge in [-0.05, 0) is 31.4 Å². The molecule has 27 heavy (non-hydrogen) atoms. The molecule has 0 amide bonds. The van der Waals surface area contributed by atoms with E-state index in [4.69, 9.17) is 4.98 Å². The number of aryl methyl sites for hydroxylation is 1. The Balaban J connectivity index is 1.36. The van der Waals surface area contributed by atoms with Crippen LogP contribution in [0.25, 0.3) is 0 Å². The first-order valence-electron chi connectivity index (χ1n) is 9.96. The van der Waals surface area contributed by atoms with Crippen molar-refractivity contribution >= 4 is 11.8 Å². The van der Waals surface area contributed by atoms with Gasteiger partial charge in [-0.3, -0.25) is 4.90 Å². The fourth-order valence-electron chi connectivity index (χ4n) is 4.01. The third-order valence-corrected chi connectivity index (χ3v) is 5.49. The second kappa shape index (κ2) is 8.23. The Bertz CT molecular complexity index is 760. The monoisotopic (exact) mass is 367 g/mol. The molecular weight excluding hydrogens is 338 g/mol. The number of aromatic nitrogens is 2. The Morgan fingerprint density at radius 2 is 1.93 bits per heavy atom. The standard InChI is InChI=1S/C21H29N5O/c1-17-4-2-5-18(14-17)15-24-10-12-25(13-11-24)21-22-8-7-20(23-21)26-9-3-6-19(27)16-26/h2,4-5,7-8,14,19,27H,3,6,9-13,15-16H2,1H3. The van der Waals surface area contributed by atoms with E-state index in [0.29, 0.717) is 6.54 Å². The zero-order chi connectivity index (χ0) is 18.6. The maximum absolute atomic E-state index is 9.93. The molecule has 0 radical (unpaired) electrons. The maximum Gasteiger partial charge on any atom is 0.227 e. The third-order valence-electron chi connectivity index (χ3n) is 5.49. The smallest absolute Gasteiger partial charge is 0.227 e. The highest BCUT2D eigenvalue weighted by Gasteiger charge is 2.22. The summed E-state index contributed by atoms with van der Waals surface area (Å²) in [4.78, 5) is 16.2. The van der Waals surface area contributed by atoms with E-state index < -0.39 is 0 Å². The lowest BCUT2D eigenvalue weighted by molar-refractivity contribution is 0.154. The highest BCUT2D eigenvalue weighted by atomic mass is 16.3. The summed E-state index contributed by atoms with van der Waals surface area (Å²) in [7, 11) is 0. The summed E-state index contributed by atoms with van der Waals surface area (Å²) in [5.74, 6) is 1.74. The molecule has 0 saturated carbocycles. The number of rotatable bonds is 4. The zero-order valence-electron chi connectivity index (χ0n) is 16.1. The molecule has 0 spiro atoms. The molecule has 2 aromatic rings. The third kappa shape index (κ3) is 4.57. The molecule has 0 aliphatic carbocycles. The largest absolute Gasteiger partial charge is 0.391 e. The van der Waals surface area contributed by atoms with Crippen LogP contribution in [0.3, 0.4) is 0 Å². The first kappa shape index (κ1) is 18.2. The van der Waals surface area contributed by atoms with Gasteiger partial charge in [-0.2, -0.15) is 4.98 Å². The fourth-order valence-corrected chi connectivity index (χ4v) is 4.01. The lowest BCUT2D eigenvalue weighted by Crippen LogP contribution is -2.46. The first-order chi connectivity index (χ1) is 13.2. The number of benzene rings is 1. The molecule has 1 atom stereocenters.